The van der Waals surface area contributed by atoms with Gasteiger partial charge in [-0.2, -0.15) is 0 Å². The van der Waals surface area contributed by atoms with Gasteiger partial charge < -0.3 is 42.8 Å². The molecule has 154 valence electrons. The molecule has 0 saturated heterocycles. The van der Waals surface area contributed by atoms with Gasteiger partial charge >= 0.3 is 0 Å². The number of hydrogen-bond donors (Lipinski definition) is 4. The fourth-order valence-corrected chi connectivity index (χ4v) is 0. The first-order valence-corrected chi connectivity index (χ1v) is 8.22. The zero-order valence-corrected chi connectivity index (χ0v) is 17.0. The monoisotopic (exact) mass is 374 g/mol. The van der Waals surface area contributed by atoms with Crippen LogP contribution >= 0.6 is 0 Å². The van der Waals surface area contributed by atoms with Gasteiger partial charge in [0.1, 0.15) is 0 Å². The molecule has 0 aliphatic rings. The molecule has 23 heavy (non-hydrogen) atoms. The first kappa shape index (κ1) is 49.5. The van der Waals surface area contributed by atoms with Gasteiger partial charge in [0.15, 0.2) is 0 Å². The molecule has 0 bridgehead atoms. The second-order valence-corrected chi connectivity index (χ2v) is 2.59. The molecule has 0 heterocycles. The van der Waals surface area contributed by atoms with Crippen molar-refractivity contribution in [2.75, 3.05) is 55.1 Å². The molecule has 0 spiro atoms. The van der Waals surface area contributed by atoms with Crippen molar-refractivity contribution in [3.8, 4) is 0 Å². The Morgan fingerprint density at radius 1 is 0.696 bits per heavy atom. The first-order valence-electron chi connectivity index (χ1n) is 6.89. The van der Waals surface area contributed by atoms with E-state index in [9.17, 15) is 13.0 Å². The summed E-state index contributed by atoms with van der Waals surface area (Å²) in [6, 6.07) is 0. The van der Waals surface area contributed by atoms with Crippen LogP contribution < -0.4 is 38.3 Å². The van der Waals surface area contributed by atoms with E-state index in [1.54, 1.807) is 49.0 Å². The molecule has 0 fully saturated rings. The minimum atomic E-state index is -4.41. The van der Waals surface area contributed by atoms with E-state index in [4.69, 9.17) is 15.3 Å². The van der Waals surface area contributed by atoms with Crippen molar-refractivity contribution in [1.82, 2.24) is 0 Å². The van der Waals surface area contributed by atoms with Gasteiger partial charge in [-0.15, -0.1) is 19.8 Å². The van der Waals surface area contributed by atoms with Crippen LogP contribution in [0.25, 0.3) is 0 Å². The van der Waals surface area contributed by atoms with Gasteiger partial charge in [0.25, 0.3) is 0 Å². The van der Waals surface area contributed by atoms with E-state index < -0.39 is 10.4 Å². The molecule has 11 nitrogen and oxygen atoms in total. The highest BCUT2D eigenvalue weighted by Gasteiger charge is 1.79. The van der Waals surface area contributed by atoms with Crippen molar-refractivity contribution in [3.63, 3.8) is 0 Å². The molecule has 12 N–H and O–H groups in total. The molecule has 0 amide bonds. The summed E-state index contributed by atoms with van der Waals surface area (Å²) in [6.07, 6.45) is 0. The van der Waals surface area contributed by atoms with E-state index >= 15 is 0 Å². The maximum absolute atomic E-state index is 9.22. The van der Waals surface area contributed by atoms with Crippen LogP contribution in [-0.4, -0.2) is 68.1 Å². The summed E-state index contributed by atoms with van der Waals surface area (Å²) in [4.78, 5) is 0. The third kappa shape index (κ3) is 1240. The standard InChI is InChI=1S/3C2H5O.4CH5N.CH4O4S/c3*1-2-3;4*1-2;1-5-6(2,3)4/h3*2H2,1H3;4*2H2,1H3;1H3,(H,2,3,4)/q3*-1;;;;;/p+3. The van der Waals surface area contributed by atoms with E-state index in [1.807, 2.05) is 0 Å². The van der Waals surface area contributed by atoms with E-state index in [1.165, 1.54) is 0 Å². The minimum absolute atomic E-state index is 0. The Labute approximate surface area is 142 Å². The van der Waals surface area contributed by atoms with E-state index in [0.29, 0.717) is 0 Å². The van der Waals surface area contributed by atoms with Gasteiger partial charge in [-0.05, 0) is 0 Å². The molecule has 0 aromatic rings. The van der Waals surface area contributed by atoms with Crippen molar-refractivity contribution in [2.45, 2.75) is 20.8 Å². The molecule has 0 radical (unpaired) electrons. The fraction of sp³-hybridized carbons (Fsp3) is 1.00. The summed E-state index contributed by atoms with van der Waals surface area (Å²) >= 11 is 0. The normalized spacial score (nSPS) is 6.43. The van der Waals surface area contributed by atoms with Crippen LogP contribution in [-0.2, 0) is 14.6 Å². The van der Waals surface area contributed by atoms with Crippen LogP contribution in [0.1, 0.15) is 20.8 Å². The largest absolute Gasteiger partial charge is 0.855 e. The molecule has 0 saturated carbocycles. The zero-order chi connectivity index (χ0) is 21.3. The zero-order valence-electron chi connectivity index (χ0n) is 16.2. The van der Waals surface area contributed by atoms with Crippen LogP contribution in [0.3, 0.4) is 0 Å². The van der Waals surface area contributed by atoms with Crippen molar-refractivity contribution in [2.24, 2.45) is 0 Å². The second-order valence-electron chi connectivity index (χ2n) is 1.44. The summed E-state index contributed by atoms with van der Waals surface area (Å²) in [5.74, 6) is 0. The molecule has 0 aliphatic heterocycles. The lowest BCUT2D eigenvalue weighted by atomic mass is 10.9. The minimum Gasteiger partial charge on any atom is -0.855 e. The first-order chi connectivity index (χ1) is 10.8. The van der Waals surface area contributed by atoms with E-state index in [-0.39, 0.29) is 19.8 Å². The molecule has 0 unspecified atom stereocenters. The molecule has 12 heteroatoms. The number of quaternary nitrogens is 4. The van der Waals surface area contributed by atoms with Crippen molar-refractivity contribution < 1.29 is 55.4 Å². The second kappa shape index (κ2) is 99.5. The molecule has 0 aromatic carbocycles. The Kier molecular flexibility index (Phi) is 214. The van der Waals surface area contributed by atoms with Crippen molar-refractivity contribution in [1.29, 1.82) is 0 Å². The maximum Gasteiger partial charge on any atom is 0.217 e. The Morgan fingerprint density at radius 3 is 0.739 bits per heavy atom. The van der Waals surface area contributed by atoms with Crippen LogP contribution in [0.5, 0.6) is 0 Å². The average molecular weight is 375 g/mol. The predicted octanol–water partition coefficient (Wildman–Crippen LogP) is -7.37. The SMILES string of the molecule is CC[O-].CC[O-].CC[O-].COS(=O)(=O)[O-].C[NH3+].C[NH3+].C[NH3+].C[NH3+]. The van der Waals surface area contributed by atoms with Crippen LogP contribution in [0, 0.1) is 0 Å². The summed E-state index contributed by atoms with van der Waals surface area (Å²) < 4.78 is 31.0. The Bertz CT molecular complexity index is 169. The molecule has 0 rings (SSSR count). The highest BCUT2D eigenvalue weighted by molar-refractivity contribution is 7.80. The maximum atomic E-state index is 9.22. The van der Waals surface area contributed by atoms with Gasteiger partial charge in [-0.3, -0.25) is 4.18 Å². The molecule has 0 atom stereocenters. The van der Waals surface area contributed by atoms with Crippen molar-refractivity contribution in [3.05, 3.63) is 0 Å². The fourth-order valence-electron chi connectivity index (χ4n) is 0. The van der Waals surface area contributed by atoms with E-state index in [0.717, 1.165) is 7.11 Å². The summed E-state index contributed by atoms with van der Waals surface area (Å²) in [6.45, 7) is 4.71. The summed E-state index contributed by atoms with van der Waals surface area (Å²) in [7, 11) is 3.40. The highest BCUT2D eigenvalue weighted by Crippen LogP contribution is 1.74. The van der Waals surface area contributed by atoms with Gasteiger partial charge in [0.2, 0.25) is 10.4 Å². The summed E-state index contributed by atoms with van der Waals surface area (Å²) in [5.41, 5.74) is 13.0. The summed E-state index contributed by atoms with van der Waals surface area (Å²) in [5, 5.41) is 26.8. The van der Waals surface area contributed by atoms with E-state index in [2.05, 4.69) is 27.1 Å². The average Bonchev–Trinajstić information content (AvgIpc) is 2.57. The third-order valence-corrected chi connectivity index (χ3v) is 0.612. The quantitative estimate of drug-likeness (QED) is 0.254. The highest BCUT2D eigenvalue weighted by atomic mass is 32.3. The predicted molar refractivity (Wildman–Crippen MR) is 83.6 cm³/mol. The van der Waals surface area contributed by atoms with Gasteiger partial charge in [0.05, 0.1) is 35.3 Å². The lowest BCUT2D eigenvalue weighted by molar-refractivity contribution is -0.362. The van der Waals surface area contributed by atoms with Crippen LogP contribution in [0.15, 0.2) is 0 Å². The molecule has 0 aliphatic carbocycles. The topological polar surface area (TPSA) is 246 Å². The van der Waals surface area contributed by atoms with Gasteiger partial charge in [-0.25, -0.2) is 8.42 Å². The Morgan fingerprint density at radius 2 is 0.739 bits per heavy atom. The molecular weight excluding hydrogens is 332 g/mol. The number of rotatable bonds is 1. The molecular formula is C11H42N4O7S. The van der Waals surface area contributed by atoms with Crippen LogP contribution in [0.2, 0.25) is 0 Å². The lowest BCUT2D eigenvalue weighted by Gasteiger charge is -1.98. The van der Waals surface area contributed by atoms with Crippen molar-refractivity contribution >= 4 is 10.4 Å². The van der Waals surface area contributed by atoms with Gasteiger partial charge in [0, 0.05) is 0 Å². The van der Waals surface area contributed by atoms with Crippen LogP contribution in [0.4, 0.5) is 0 Å². The smallest absolute Gasteiger partial charge is 0.217 e. The number of hydrogen-bond acceptors (Lipinski definition) is 7. The Balaban J connectivity index is -0.0000000196. The van der Waals surface area contributed by atoms with Gasteiger partial charge in [-0.1, -0.05) is 20.8 Å². The molecule has 0 aromatic heterocycles. The Hall–Kier alpha value is -0.410. The lowest BCUT2D eigenvalue weighted by Crippen LogP contribution is -2.40. The third-order valence-electron chi connectivity index (χ3n) is 0.204.